The molecule has 4 heterocycles. The van der Waals surface area contributed by atoms with Crippen LogP contribution in [0, 0.1) is 0 Å². The Morgan fingerprint density at radius 2 is 1.85 bits per heavy atom. The van der Waals surface area contributed by atoms with Gasteiger partial charge in [0.15, 0.2) is 6.23 Å². The third kappa shape index (κ3) is 4.31. The number of hydrogen-bond acceptors (Lipinski definition) is 9. The van der Waals surface area contributed by atoms with Gasteiger partial charge in [-0.25, -0.2) is 9.78 Å². The van der Waals surface area contributed by atoms with Crippen LogP contribution in [-0.4, -0.2) is 78.1 Å². The summed E-state index contributed by atoms with van der Waals surface area (Å²) in [4.78, 5) is 31.6. The van der Waals surface area contributed by atoms with E-state index in [-0.39, 0.29) is 6.42 Å². The van der Waals surface area contributed by atoms with E-state index in [2.05, 4.69) is 20.1 Å². The van der Waals surface area contributed by atoms with E-state index in [9.17, 15) is 9.90 Å². The first-order chi connectivity index (χ1) is 13.2. The number of rotatable bonds is 5. The zero-order chi connectivity index (χ0) is 18.6. The summed E-state index contributed by atoms with van der Waals surface area (Å²) >= 11 is 0. The molecule has 0 amide bonds. The minimum Gasteiger partial charge on any atom is -0.374 e. The molecule has 1 unspecified atom stereocenters. The molecule has 0 saturated carbocycles. The summed E-state index contributed by atoms with van der Waals surface area (Å²) in [6.07, 6.45) is 5.67. The largest absolute Gasteiger partial charge is 0.374 e. The molecule has 3 aliphatic heterocycles. The van der Waals surface area contributed by atoms with Crippen LogP contribution in [0.2, 0.25) is 0 Å². The number of aliphatic hydroxyl groups is 1. The molecular weight excluding hydrogens is 348 g/mol. The van der Waals surface area contributed by atoms with Crippen molar-refractivity contribution in [2.45, 2.75) is 38.3 Å². The van der Waals surface area contributed by atoms with E-state index >= 15 is 0 Å². The van der Waals surface area contributed by atoms with Crippen LogP contribution in [0.5, 0.6) is 0 Å². The fourth-order valence-corrected chi connectivity index (χ4v) is 3.88. The molecule has 2 N–H and O–H groups in total. The number of β-amino-alcohol motifs (C(OH)–C–C–N with tert-alkyl or cyclic N) is 1. The first-order valence-electron chi connectivity index (χ1n) is 9.93. The van der Waals surface area contributed by atoms with Gasteiger partial charge in [-0.3, -0.25) is 0 Å². The Morgan fingerprint density at radius 1 is 1.15 bits per heavy atom. The van der Waals surface area contributed by atoms with Gasteiger partial charge in [0.2, 0.25) is 5.95 Å². The van der Waals surface area contributed by atoms with Gasteiger partial charge in [-0.2, -0.15) is 4.98 Å². The Balaban J connectivity index is 1.49. The summed E-state index contributed by atoms with van der Waals surface area (Å²) < 4.78 is 0. The van der Waals surface area contributed by atoms with E-state index in [1.807, 2.05) is 0 Å². The summed E-state index contributed by atoms with van der Waals surface area (Å²) in [6, 6.07) is 0. The molecule has 1 atom stereocenters. The van der Waals surface area contributed by atoms with Crippen molar-refractivity contribution >= 4 is 17.7 Å². The standard InChI is InChI=1S/C18H28N6O3/c25-15-13-19-5-10-24(15)27-16(26)11-14-12-20-18(23-8-3-4-9-23)21-17(14)22-6-1-2-7-22/h12,15,19,25H,1-11,13H2. The van der Waals surface area contributed by atoms with Crippen molar-refractivity contribution in [2.24, 2.45) is 0 Å². The average molecular weight is 376 g/mol. The van der Waals surface area contributed by atoms with Crippen molar-refractivity contribution in [3.05, 3.63) is 11.8 Å². The highest BCUT2D eigenvalue weighted by Gasteiger charge is 2.26. The van der Waals surface area contributed by atoms with Crippen LogP contribution in [0.15, 0.2) is 6.20 Å². The average Bonchev–Trinajstić information content (AvgIpc) is 3.38. The van der Waals surface area contributed by atoms with Crippen molar-refractivity contribution in [3.63, 3.8) is 0 Å². The van der Waals surface area contributed by atoms with Crippen LogP contribution < -0.4 is 15.1 Å². The number of hydrogen-bond donors (Lipinski definition) is 2. The lowest BCUT2D eigenvalue weighted by atomic mass is 10.2. The predicted octanol–water partition coefficient (Wildman–Crippen LogP) is -0.0987. The lowest BCUT2D eigenvalue weighted by Gasteiger charge is -2.30. The van der Waals surface area contributed by atoms with Gasteiger partial charge in [-0.05, 0) is 25.7 Å². The summed E-state index contributed by atoms with van der Waals surface area (Å²) in [5.74, 6) is 1.21. The topological polar surface area (TPSA) is 94.1 Å². The summed E-state index contributed by atoms with van der Waals surface area (Å²) in [5, 5.41) is 14.3. The van der Waals surface area contributed by atoms with Gasteiger partial charge in [-0.1, -0.05) is 0 Å². The quantitative estimate of drug-likeness (QED) is 0.731. The Hall–Kier alpha value is -1.97. The van der Waals surface area contributed by atoms with E-state index in [0.29, 0.717) is 19.6 Å². The molecule has 0 spiro atoms. The lowest BCUT2D eigenvalue weighted by Crippen LogP contribution is -2.51. The maximum atomic E-state index is 12.5. The molecule has 1 aromatic heterocycles. The molecule has 0 aromatic carbocycles. The molecule has 0 aliphatic carbocycles. The third-order valence-corrected chi connectivity index (χ3v) is 5.35. The second-order valence-corrected chi connectivity index (χ2v) is 7.37. The molecule has 3 saturated heterocycles. The minimum atomic E-state index is -0.811. The zero-order valence-corrected chi connectivity index (χ0v) is 15.6. The minimum absolute atomic E-state index is 0.1000. The van der Waals surface area contributed by atoms with Crippen LogP contribution in [0.3, 0.4) is 0 Å². The van der Waals surface area contributed by atoms with E-state index in [0.717, 1.165) is 56.4 Å². The van der Waals surface area contributed by atoms with E-state index in [1.54, 1.807) is 6.20 Å². The van der Waals surface area contributed by atoms with E-state index in [4.69, 9.17) is 9.82 Å². The number of aromatic nitrogens is 2. The molecule has 9 heteroatoms. The Morgan fingerprint density at radius 3 is 2.56 bits per heavy atom. The smallest absolute Gasteiger partial charge is 0.329 e. The summed E-state index contributed by atoms with van der Waals surface area (Å²) in [5.41, 5.74) is 0.787. The highest BCUT2D eigenvalue weighted by molar-refractivity contribution is 5.74. The molecule has 9 nitrogen and oxygen atoms in total. The Labute approximate surface area is 159 Å². The zero-order valence-electron chi connectivity index (χ0n) is 15.6. The van der Waals surface area contributed by atoms with Crippen LogP contribution in [0.4, 0.5) is 11.8 Å². The molecule has 27 heavy (non-hydrogen) atoms. The Kier molecular flexibility index (Phi) is 5.70. The normalized spacial score (nSPS) is 23.8. The van der Waals surface area contributed by atoms with Gasteiger partial charge in [0, 0.05) is 51.0 Å². The number of nitrogens with one attached hydrogen (secondary N) is 1. The van der Waals surface area contributed by atoms with Gasteiger partial charge >= 0.3 is 5.97 Å². The molecule has 148 valence electrons. The third-order valence-electron chi connectivity index (χ3n) is 5.35. The van der Waals surface area contributed by atoms with Crippen molar-refractivity contribution in [3.8, 4) is 0 Å². The second-order valence-electron chi connectivity index (χ2n) is 7.37. The van der Waals surface area contributed by atoms with Gasteiger partial charge in [0.05, 0.1) is 13.0 Å². The summed E-state index contributed by atoms with van der Waals surface area (Å²) in [7, 11) is 0. The fourth-order valence-electron chi connectivity index (χ4n) is 3.88. The van der Waals surface area contributed by atoms with E-state index in [1.165, 1.54) is 17.9 Å². The van der Waals surface area contributed by atoms with Crippen LogP contribution in [0.1, 0.15) is 31.2 Å². The van der Waals surface area contributed by atoms with Crippen molar-refractivity contribution in [1.82, 2.24) is 20.3 Å². The fraction of sp³-hybridized carbons (Fsp3) is 0.722. The highest BCUT2D eigenvalue weighted by atomic mass is 16.7. The number of carbonyl (C=O) groups excluding carboxylic acids is 1. The predicted molar refractivity (Wildman–Crippen MR) is 100 cm³/mol. The number of hydroxylamine groups is 2. The van der Waals surface area contributed by atoms with Crippen LogP contribution in [0.25, 0.3) is 0 Å². The van der Waals surface area contributed by atoms with Gasteiger partial charge in [-0.15, -0.1) is 5.06 Å². The molecule has 0 bridgehead atoms. The van der Waals surface area contributed by atoms with Gasteiger partial charge < -0.3 is 25.1 Å². The second kappa shape index (κ2) is 8.37. The van der Waals surface area contributed by atoms with Crippen LogP contribution in [-0.2, 0) is 16.1 Å². The molecule has 1 aromatic rings. The van der Waals surface area contributed by atoms with Crippen LogP contribution >= 0.6 is 0 Å². The first kappa shape index (κ1) is 18.4. The van der Waals surface area contributed by atoms with Gasteiger partial charge in [0.25, 0.3) is 0 Å². The Bertz CT molecular complexity index is 660. The number of aliphatic hydroxyl groups excluding tert-OH is 1. The monoisotopic (exact) mass is 376 g/mol. The molecule has 3 aliphatic rings. The first-order valence-corrected chi connectivity index (χ1v) is 9.93. The van der Waals surface area contributed by atoms with Crippen molar-refractivity contribution < 1.29 is 14.7 Å². The molecule has 4 rings (SSSR count). The van der Waals surface area contributed by atoms with Crippen molar-refractivity contribution in [1.29, 1.82) is 0 Å². The SMILES string of the molecule is O=C(Cc1cnc(N2CCCC2)nc1N1CCCC1)ON1CCNCC1O. The maximum Gasteiger partial charge on any atom is 0.329 e. The molecule has 3 fully saturated rings. The highest BCUT2D eigenvalue weighted by Crippen LogP contribution is 2.26. The number of anilines is 2. The molecule has 0 radical (unpaired) electrons. The molecular formula is C18H28N6O3. The summed E-state index contributed by atoms with van der Waals surface area (Å²) in [6.45, 7) is 5.42. The number of carbonyl (C=O) groups is 1. The maximum absolute atomic E-state index is 12.5. The number of piperazine rings is 1. The van der Waals surface area contributed by atoms with Crippen molar-refractivity contribution in [2.75, 3.05) is 55.6 Å². The lowest BCUT2D eigenvalue weighted by molar-refractivity contribution is -0.237. The number of nitrogens with zero attached hydrogens (tertiary/aromatic N) is 5. The van der Waals surface area contributed by atoms with E-state index < -0.39 is 12.2 Å². The van der Waals surface area contributed by atoms with Gasteiger partial charge in [0.1, 0.15) is 5.82 Å².